The van der Waals surface area contributed by atoms with Gasteiger partial charge < -0.3 is 9.64 Å². The first-order valence-corrected chi connectivity index (χ1v) is 9.76. The third kappa shape index (κ3) is 2.49. The molecule has 4 rings (SSSR count). The molecule has 1 aliphatic heterocycles. The molecule has 9 heteroatoms. The normalized spacial score (nSPS) is 20.1. The largest absolute Gasteiger partial charge is 0.481 e. The summed E-state index contributed by atoms with van der Waals surface area (Å²) < 4.78 is 31.5. The van der Waals surface area contributed by atoms with Gasteiger partial charge in [-0.2, -0.15) is 22.3 Å². The monoisotopic (exact) mass is 365 g/mol. The van der Waals surface area contributed by atoms with E-state index in [4.69, 9.17) is 9.88 Å². The predicted octanol–water partition coefficient (Wildman–Crippen LogP) is 0.755. The third-order valence-corrected chi connectivity index (χ3v) is 6.75. The molecular formula is C16H23N5O3S. The molecule has 8 nitrogen and oxygen atoms in total. The minimum atomic E-state index is -3.60. The molecule has 0 amide bonds. The molecular weight excluding hydrogens is 342 g/mol. The van der Waals surface area contributed by atoms with Crippen LogP contribution >= 0.6 is 0 Å². The molecule has 3 heterocycles. The lowest BCUT2D eigenvalue weighted by atomic mass is 9.60. The maximum Gasteiger partial charge on any atom is 0.276 e. The van der Waals surface area contributed by atoms with Crippen molar-refractivity contribution < 1.29 is 13.2 Å². The Hall–Kier alpha value is -1.84. The molecule has 136 valence electrons. The van der Waals surface area contributed by atoms with Gasteiger partial charge in [-0.1, -0.05) is 6.07 Å². The fraction of sp³-hybridized carbons (Fsp3) is 0.562. The van der Waals surface area contributed by atoms with Crippen LogP contribution in [0.1, 0.15) is 18.4 Å². The number of ether oxygens (including phenoxy) is 1. The standard InChI is InChI=1S/C16H23N5O3S/c1-11-4-5-13-14(8-18-21(13)15(11)24-3)20-9-16(10-20)6-12(7-16)19(2)25(17,22)23/h4-5,8,12H,6-7,9-10H2,1-3H3,(H2,17,22,23). The van der Waals surface area contributed by atoms with Crippen LogP contribution in [0.5, 0.6) is 5.88 Å². The summed E-state index contributed by atoms with van der Waals surface area (Å²) in [5.41, 5.74) is 3.35. The van der Waals surface area contributed by atoms with Crippen molar-refractivity contribution in [1.29, 1.82) is 0 Å². The van der Waals surface area contributed by atoms with E-state index >= 15 is 0 Å². The van der Waals surface area contributed by atoms with Crippen LogP contribution in [0.2, 0.25) is 0 Å². The average molecular weight is 365 g/mol. The first-order valence-electron chi connectivity index (χ1n) is 8.26. The highest BCUT2D eigenvalue weighted by Crippen LogP contribution is 2.52. The summed E-state index contributed by atoms with van der Waals surface area (Å²) in [6.45, 7) is 3.83. The second-order valence-electron chi connectivity index (χ2n) is 7.33. The fourth-order valence-electron chi connectivity index (χ4n) is 4.20. The number of methoxy groups -OCH3 is 1. The number of fused-ring (bicyclic) bond motifs is 1. The van der Waals surface area contributed by atoms with E-state index in [1.165, 1.54) is 4.31 Å². The molecule has 0 radical (unpaired) electrons. The summed E-state index contributed by atoms with van der Waals surface area (Å²) in [7, 11) is -0.392. The van der Waals surface area contributed by atoms with Crippen molar-refractivity contribution in [3.63, 3.8) is 0 Å². The molecule has 1 saturated carbocycles. The summed E-state index contributed by atoms with van der Waals surface area (Å²) in [5, 5.41) is 9.67. The number of anilines is 1. The van der Waals surface area contributed by atoms with Gasteiger partial charge in [-0.3, -0.25) is 0 Å². The molecule has 2 aromatic heterocycles. The van der Waals surface area contributed by atoms with Crippen molar-refractivity contribution >= 4 is 21.4 Å². The Balaban J connectivity index is 1.48. The molecule has 1 aliphatic carbocycles. The number of pyridine rings is 1. The van der Waals surface area contributed by atoms with E-state index in [9.17, 15) is 8.42 Å². The zero-order valence-electron chi connectivity index (χ0n) is 14.6. The second-order valence-corrected chi connectivity index (χ2v) is 8.94. The van der Waals surface area contributed by atoms with E-state index in [1.807, 2.05) is 23.7 Å². The SMILES string of the molecule is COc1c(C)ccc2c(N3CC4(CC(N(C)S(N)(=O)=O)C4)C3)cnn12. The van der Waals surface area contributed by atoms with Crippen LogP contribution < -0.4 is 14.8 Å². The van der Waals surface area contributed by atoms with Gasteiger partial charge in [-0.05, 0) is 25.8 Å². The third-order valence-electron chi connectivity index (χ3n) is 5.65. The van der Waals surface area contributed by atoms with E-state index in [-0.39, 0.29) is 11.5 Å². The molecule has 2 fully saturated rings. The zero-order valence-corrected chi connectivity index (χ0v) is 15.5. The molecule has 2 aliphatic rings. The van der Waals surface area contributed by atoms with E-state index in [0.717, 1.165) is 48.6 Å². The quantitative estimate of drug-likeness (QED) is 0.863. The number of hydrogen-bond acceptors (Lipinski definition) is 5. The van der Waals surface area contributed by atoms with Crippen LogP contribution in [0, 0.1) is 12.3 Å². The van der Waals surface area contributed by atoms with Crippen molar-refractivity contribution in [3.05, 3.63) is 23.9 Å². The van der Waals surface area contributed by atoms with Crippen LogP contribution in [0.3, 0.4) is 0 Å². The molecule has 1 saturated heterocycles. The van der Waals surface area contributed by atoms with Crippen molar-refractivity contribution in [2.45, 2.75) is 25.8 Å². The minimum Gasteiger partial charge on any atom is -0.481 e. The molecule has 1 spiro atoms. The van der Waals surface area contributed by atoms with Gasteiger partial charge in [0, 0.05) is 37.2 Å². The number of nitrogens with two attached hydrogens (primary N) is 1. The molecule has 0 aromatic carbocycles. The number of aromatic nitrogens is 2. The average Bonchev–Trinajstić information content (AvgIpc) is 2.87. The first-order chi connectivity index (χ1) is 11.7. The fourth-order valence-corrected chi connectivity index (χ4v) is 4.76. The zero-order chi connectivity index (χ0) is 18.0. The topological polar surface area (TPSA) is 93.2 Å². The highest BCUT2D eigenvalue weighted by atomic mass is 32.2. The van der Waals surface area contributed by atoms with Gasteiger partial charge in [0.1, 0.15) is 0 Å². The summed E-state index contributed by atoms with van der Waals surface area (Å²) in [6, 6.07) is 4.11. The summed E-state index contributed by atoms with van der Waals surface area (Å²) in [4.78, 5) is 2.30. The molecule has 2 aromatic rings. The van der Waals surface area contributed by atoms with Gasteiger partial charge in [-0.25, -0.2) is 5.14 Å². The Kier molecular flexibility index (Phi) is 3.54. The van der Waals surface area contributed by atoms with E-state index in [1.54, 1.807) is 14.2 Å². The Morgan fingerprint density at radius 1 is 1.36 bits per heavy atom. The van der Waals surface area contributed by atoms with Crippen molar-refractivity contribution in [1.82, 2.24) is 13.9 Å². The second kappa shape index (κ2) is 5.33. The van der Waals surface area contributed by atoms with E-state index in [0.29, 0.717) is 0 Å². The van der Waals surface area contributed by atoms with E-state index < -0.39 is 10.2 Å². The summed E-state index contributed by atoms with van der Waals surface area (Å²) >= 11 is 0. The van der Waals surface area contributed by atoms with E-state index in [2.05, 4.69) is 16.1 Å². The smallest absolute Gasteiger partial charge is 0.276 e. The van der Waals surface area contributed by atoms with Crippen LogP contribution in [-0.4, -0.2) is 55.6 Å². The van der Waals surface area contributed by atoms with Gasteiger partial charge in [0.2, 0.25) is 5.88 Å². The van der Waals surface area contributed by atoms with Gasteiger partial charge >= 0.3 is 0 Å². The number of rotatable bonds is 4. The maximum absolute atomic E-state index is 11.4. The molecule has 0 bridgehead atoms. The van der Waals surface area contributed by atoms with Gasteiger partial charge in [0.05, 0.1) is 24.5 Å². The summed E-state index contributed by atoms with van der Waals surface area (Å²) in [5.74, 6) is 0.748. The maximum atomic E-state index is 11.4. The number of hydrogen-bond donors (Lipinski definition) is 1. The van der Waals surface area contributed by atoms with Gasteiger partial charge in [0.25, 0.3) is 10.2 Å². The summed E-state index contributed by atoms with van der Waals surface area (Å²) in [6.07, 6.45) is 3.59. The lowest BCUT2D eigenvalue weighted by molar-refractivity contribution is 0.0212. The highest BCUT2D eigenvalue weighted by molar-refractivity contribution is 7.86. The molecule has 0 atom stereocenters. The Morgan fingerprint density at radius 3 is 2.64 bits per heavy atom. The minimum absolute atomic E-state index is 0.0174. The first kappa shape index (κ1) is 16.6. The molecule has 0 unspecified atom stereocenters. The van der Waals surface area contributed by atoms with Crippen LogP contribution in [0.15, 0.2) is 18.3 Å². The molecule has 25 heavy (non-hydrogen) atoms. The van der Waals surface area contributed by atoms with Gasteiger partial charge in [0.15, 0.2) is 0 Å². The molecule has 2 N–H and O–H groups in total. The lowest BCUT2D eigenvalue weighted by Gasteiger charge is -2.60. The number of aryl methyl sites for hydroxylation is 1. The van der Waals surface area contributed by atoms with Crippen molar-refractivity contribution in [2.75, 3.05) is 32.1 Å². The Bertz CT molecular complexity index is 925. The number of nitrogens with zero attached hydrogens (tertiary/aromatic N) is 4. The van der Waals surface area contributed by atoms with Crippen LogP contribution in [0.4, 0.5) is 5.69 Å². The van der Waals surface area contributed by atoms with Crippen LogP contribution in [0.25, 0.3) is 5.52 Å². The van der Waals surface area contributed by atoms with Crippen LogP contribution in [-0.2, 0) is 10.2 Å². The highest BCUT2D eigenvalue weighted by Gasteiger charge is 2.54. The predicted molar refractivity (Wildman–Crippen MR) is 95.0 cm³/mol. The van der Waals surface area contributed by atoms with Crippen molar-refractivity contribution in [2.24, 2.45) is 10.6 Å². The lowest BCUT2D eigenvalue weighted by Crippen LogP contribution is -2.67. The Labute approximate surface area is 147 Å². The Morgan fingerprint density at radius 2 is 2.04 bits per heavy atom. The van der Waals surface area contributed by atoms with Gasteiger partial charge in [-0.15, -0.1) is 0 Å². The van der Waals surface area contributed by atoms with Crippen molar-refractivity contribution in [3.8, 4) is 5.88 Å².